The number of methoxy groups -OCH3 is 1. The summed E-state index contributed by atoms with van der Waals surface area (Å²) in [5, 5.41) is 0. The molecule has 8 heteroatoms. The number of hydrogen-bond acceptors (Lipinski definition) is 4. The molecule has 0 radical (unpaired) electrons. The second-order valence-electron chi connectivity index (χ2n) is 6.66. The lowest BCUT2D eigenvalue weighted by molar-refractivity contribution is -0.0512. The number of imidazole rings is 1. The number of aromatic amines is 1. The number of H-pyrrole nitrogens is 1. The number of hydrogen-bond donors (Lipinski definition) is 1. The van der Waals surface area contributed by atoms with Gasteiger partial charge in [0.2, 0.25) is 0 Å². The third-order valence-corrected chi connectivity index (χ3v) is 4.71. The maximum absolute atomic E-state index is 13.1. The number of halogens is 2. The van der Waals surface area contributed by atoms with Gasteiger partial charge in [-0.3, -0.25) is 4.79 Å². The summed E-state index contributed by atoms with van der Waals surface area (Å²) in [6.45, 7) is -2.57. The minimum absolute atomic E-state index is 0.0322. The highest BCUT2D eigenvalue weighted by atomic mass is 19.3. The van der Waals surface area contributed by atoms with E-state index in [-0.39, 0.29) is 23.4 Å². The zero-order valence-corrected chi connectivity index (χ0v) is 15.2. The van der Waals surface area contributed by atoms with Gasteiger partial charge in [-0.1, -0.05) is 6.07 Å². The lowest BCUT2D eigenvalue weighted by Gasteiger charge is -2.23. The molecule has 28 heavy (non-hydrogen) atoms. The summed E-state index contributed by atoms with van der Waals surface area (Å²) in [5.74, 6) is 0.0981. The molecule has 146 valence electrons. The van der Waals surface area contributed by atoms with Crippen molar-refractivity contribution in [3.63, 3.8) is 0 Å². The number of nitrogens with zero attached hydrogens (tertiary/aromatic N) is 2. The van der Waals surface area contributed by atoms with Crippen LogP contribution in [0.5, 0.6) is 11.5 Å². The number of benzene rings is 2. The van der Waals surface area contributed by atoms with Crippen molar-refractivity contribution in [1.82, 2.24) is 14.9 Å². The Morgan fingerprint density at radius 3 is 2.79 bits per heavy atom. The third-order valence-electron chi connectivity index (χ3n) is 4.71. The largest absolute Gasteiger partial charge is 0.493 e. The minimum atomic E-state index is -2.93. The molecular formula is C20H19F2N3O3. The van der Waals surface area contributed by atoms with Gasteiger partial charge in [-0.15, -0.1) is 0 Å². The highest BCUT2D eigenvalue weighted by Crippen LogP contribution is 2.33. The lowest BCUT2D eigenvalue weighted by Crippen LogP contribution is -2.32. The molecule has 0 unspecified atom stereocenters. The molecule has 1 aromatic heterocycles. The van der Waals surface area contributed by atoms with Crippen LogP contribution in [0, 0.1) is 0 Å². The Morgan fingerprint density at radius 2 is 2.07 bits per heavy atom. The number of carbonyl (C=O) groups excluding carboxylic acids is 1. The number of aromatic nitrogens is 2. The molecule has 4 rings (SSSR count). The van der Waals surface area contributed by atoms with Crippen LogP contribution < -0.4 is 9.47 Å². The van der Waals surface area contributed by atoms with E-state index in [4.69, 9.17) is 4.74 Å². The first-order valence-electron chi connectivity index (χ1n) is 8.91. The van der Waals surface area contributed by atoms with E-state index in [0.29, 0.717) is 12.1 Å². The topological polar surface area (TPSA) is 67.5 Å². The van der Waals surface area contributed by atoms with Crippen LogP contribution in [0.1, 0.15) is 28.8 Å². The minimum Gasteiger partial charge on any atom is -0.493 e. The number of nitrogens with one attached hydrogen (secondary N) is 1. The van der Waals surface area contributed by atoms with Crippen molar-refractivity contribution in [3.8, 4) is 11.5 Å². The zero-order chi connectivity index (χ0) is 19.7. The molecule has 0 atom stereocenters. The van der Waals surface area contributed by atoms with Crippen LogP contribution in [0.15, 0.2) is 42.7 Å². The average molecular weight is 387 g/mol. The second kappa shape index (κ2) is 7.46. The van der Waals surface area contributed by atoms with Crippen LogP contribution in [-0.4, -0.2) is 40.5 Å². The number of amides is 1. The van der Waals surface area contributed by atoms with Crippen molar-refractivity contribution in [3.05, 3.63) is 53.9 Å². The van der Waals surface area contributed by atoms with Gasteiger partial charge >= 0.3 is 6.61 Å². The summed E-state index contributed by atoms with van der Waals surface area (Å²) in [5.41, 5.74) is 2.96. The molecule has 1 fully saturated rings. The Labute approximate surface area is 160 Å². The van der Waals surface area contributed by atoms with Crippen LogP contribution in [0.2, 0.25) is 0 Å². The van der Waals surface area contributed by atoms with Crippen LogP contribution >= 0.6 is 0 Å². The van der Waals surface area contributed by atoms with E-state index >= 15 is 0 Å². The van der Waals surface area contributed by atoms with Crippen molar-refractivity contribution >= 4 is 16.9 Å². The van der Waals surface area contributed by atoms with E-state index < -0.39 is 6.61 Å². The van der Waals surface area contributed by atoms with Crippen LogP contribution in [0.25, 0.3) is 11.0 Å². The summed E-state index contributed by atoms with van der Waals surface area (Å²) in [6, 6.07) is 10.3. The monoisotopic (exact) mass is 387 g/mol. The van der Waals surface area contributed by atoms with Crippen LogP contribution in [-0.2, 0) is 6.54 Å². The number of carbonyl (C=O) groups is 1. The number of rotatable bonds is 7. The Balaban J connectivity index is 1.57. The summed E-state index contributed by atoms with van der Waals surface area (Å²) >= 11 is 0. The summed E-state index contributed by atoms with van der Waals surface area (Å²) in [4.78, 5) is 22.1. The fourth-order valence-electron chi connectivity index (χ4n) is 3.19. The normalized spacial score (nSPS) is 13.7. The Bertz CT molecular complexity index is 1000. The molecule has 0 spiro atoms. The molecule has 1 N–H and O–H groups in total. The van der Waals surface area contributed by atoms with Gasteiger partial charge in [-0.2, -0.15) is 8.78 Å². The van der Waals surface area contributed by atoms with Crippen LogP contribution in [0.3, 0.4) is 0 Å². The molecule has 1 aliphatic carbocycles. The Morgan fingerprint density at radius 1 is 1.25 bits per heavy atom. The Hall–Kier alpha value is -3.16. The maximum Gasteiger partial charge on any atom is 0.387 e. The summed E-state index contributed by atoms with van der Waals surface area (Å²) < 4.78 is 34.6. The predicted molar refractivity (Wildman–Crippen MR) is 98.6 cm³/mol. The number of fused-ring (bicyclic) bond motifs is 1. The van der Waals surface area contributed by atoms with Crippen molar-refractivity contribution in [1.29, 1.82) is 0 Å². The van der Waals surface area contributed by atoms with E-state index in [1.807, 2.05) is 6.07 Å². The highest BCUT2D eigenvalue weighted by Gasteiger charge is 2.33. The molecule has 1 saturated carbocycles. The second-order valence-corrected chi connectivity index (χ2v) is 6.66. The fraction of sp³-hybridized carbons (Fsp3) is 0.300. The molecule has 1 aliphatic rings. The van der Waals surface area contributed by atoms with Gasteiger partial charge in [-0.05, 0) is 48.7 Å². The number of ether oxygens (including phenoxy) is 2. The standard InChI is InChI=1S/C20H19F2N3O3/c1-27-18-8-12(2-7-17(18)28-20(21)22)10-25(14-4-5-14)19(26)13-3-6-15-16(9-13)24-11-23-15/h2-3,6-9,11,14,20H,4-5,10H2,1H3,(H,23,24). The van der Waals surface area contributed by atoms with Gasteiger partial charge in [0.1, 0.15) is 0 Å². The predicted octanol–water partition coefficient (Wildman–Crippen LogP) is 3.98. The molecule has 1 amide bonds. The first-order valence-corrected chi connectivity index (χ1v) is 8.91. The van der Waals surface area contributed by atoms with Gasteiger partial charge in [0.05, 0.1) is 24.5 Å². The molecule has 6 nitrogen and oxygen atoms in total. The van der Waals surface area contributed by atoms with E-state index in [1.54, 1.807) is 35.5 Å². The molecule has 1 heterocycles. The van der Waals surface area contributed by atoms with Gasteiger partial charge in [0, 0.05) is 18.2 Å². The van der Waals surface area contributed by atoms with E-state index in [0.717, 1.165) is 29.4 Å². The average Bonchev–Trinajstić information content (AvgIpc) is 3.42. The molecule has 0 aliphatic heterocycles. The van der Waals surface area contributed by atoms with E-state index in [1.165, 1.54) is 13.2 Å². The van der Waals surface area contributed by atoms with Crippen molar-refractivity contribution in [2.24, 2.45) is 0 Å². The maximum atomic E-state index is 13.1. The van der Waals surface area contributed by atoms with Gasteiger partial charge in [0.25, 0.3) is 5.91 Å². The zero-order valence-electron chi connectivity index (χ0n) is 15.2. The SMILES string of the molecule is COc1cc(CN(C(=O)c2ccc3nc[nH]c3c2)C2CC2)ccc1OC(F)F. The molecule has 2 aromatic carbocycles. The van der Waals surface area contributed by atoms with Crippen LogP contribution in [0.4, 0.5) is 8.78 Å². The van der Waals surface area contributed by atoms with E-state index in [2.05, 4.69) is 14.7 Å². The first kappa shape index (κ1) is 18.2. The fourth-order valence-corrected chi connectivity index (χ4v) is 3.19. The number of alkyl halides is 2. The van der Waals surface area contributed by atoms with Gasteiger partial charge in [-0.25, -0.2) is 4.98 Å². The molecule has 0 saturated heterocycles. The molecular weight excluding hydrogens is 368 g/mol. The van der Waals surface area contributed by atoms with Gasteiger partial charge < -0.3 is 19.4 Å². The van der Waals surface area contributed by atoms with Crippen molar-refractivity contribution in [2.45, 2.75) is 32.0 Å². The molecule has 0 bridgehead atoms. The van der Waals surface area contributed by atoms with E-state index in [9.17, 15) is 13.6 Å². The Kier molecular flexibility index (Phi) is 4.85. The van der Waals surface area contributed by atoms with Gasteiger partial charge in [0.15, 0.2) is 11.5 Å². The lowest BCUT2D eigenvalue weighted by atomic mass is 10.1. The quantitative estimate of drug-likeness (QED) is 0.666. The summed E-state index contributed by atoms with van der Waals surface area (Å²) in [6.07, 6.45) is 3.48. The van der Waals surface area contributed by atoms with Crippen molar-refractivity contribution < 1.29 is 23.0 Å². The first-order chi connectivity index (χ1) is 13.5. The third kappa shape index (κ3) is 3.76. The van der Waals surface area contributed by atoms with Crippen molar-refractivity contribution in [2.75, 3.05) is 7.11 Å². The summed E-state index contributed by atoms with van der Waals surface area (Å²) in [7, 11) is 1.39. The highest BCUT2D eigenvalue weighted by molar-refractivity contribution is 5.97. The molecule has 3 aromatic rings. The smallest absolute Gasteiger partial charge is 0.387 e.